The Labute approximate surface area is 314 Å². The van der Waals surface area contributed by atoms with Crippen molar-refractivity contribution in [1.82, 2.24) is 14.5 Å². The van der Waals surface area contributed by atoms with Crippen LogP contribution in [0.3, 0.4) is 0 Å². The van der Waals surface area contributed by atoms with Crippen LogP contribution in [0.4, 0.5) is 0 Å². The van der Waals surface area contributed by atoms with Gasteiger partial charge in [-0.25, -0.2) is 9.97 Å². The molecule has 0 radical (unpaired) electrons. The van der Waals surface area contributed by atoms with E-state index in [0.717, 1.165) is 72.0 Å². The highest BCUT2D eigenvalue weighted by Crippen LogP contribution is 2.43. The lowest BCUT2D eigenvalue weighted by molar-refractivity contribution is 0.667. The van der Waals surface area contributed by atoms with E-state index in [4.69, 9.17) is 18.8 Å². The van der Waals surface area contributed by atoms with Crippen LogP contribution < -0.4 is 0 Å². The van der Waals surface area contributed by atoms with Crippen LogP contribution in [0.1, 0.15) is 0 Å². The predicted octanol–water partition coefficient (Wildman–Crippen LogP) is 13.5. The van der Waals surface area contributed by atoms with Gasteiger partial charge in [-0.1, -0.05) is 121 Å². The Kier molecular flexibility index (Phi) is 6.27. The van der Waals surface area contributed by atoms with E-state index in [9.17, 15) is 0 Å². The Morgan fingerprint density at radius 2 is 1.15 bits per heavy atom. The maximum Gasteiger partial charge on any atom is 0.180 e. The smallest absolute Gasteiger partial charge is 0.180 e. The number of rotatable bonds is 4. The summed E-state index contributed by atoms with van der Waals surface area (Å²) in [6.07, 6.45) is 0. The Balaban J connectivity index is 1.13. The first-order chi connectivity index (χ1) is 27.3. The summed E-state index contributed by atoms with van der Waals surface area (Å²) in [5.41, 5.74) is 12.2. The molecule has 256 valence electrons. The molecule has 0 amide bonds. The van der Waals surface area contributed by atoms with E-state index in [-0.39, 0.29) is 0 Å². The van der Waals surface area contributed by atoms with Crippen molar-refractivity contribution < 1.29 is 8.83 Å². The molecule has 0 saturated heterocycles. The van der Waals surface area contributed by atoms with Gasteiger partial charge in [0.1, 0.15) is 28.0 Å². The van der Waals surface area contributed by atoms with Crippen LogP contribution in [-0.2, 0) is 0 Å². The lowest BCUT2D eigenvalue weighted by Crippen LogP contribution is -1.95. The molecule has 12 aromatic rings. The van der Waals surface area contributed by atoms with Crippen molar-refractivity contribution in [3.8, 4) is 39.5 Å². The summed E-state index contributed by atoms with van der Waals surface area (Å²) in [5.74, 6) is 0.619. The molecule has 0 N–H and O–H groups in total. The van der Waals surface area contributed by atoms with Crippen LogP contribution in [0.5, 0.6) is 0 Å². The Morgan fingerprint density at radius 3 is 2.02 bits per heavy atom. The van der Waals surface area contributed by atoms with Gasteiger partial charge in [0.05, 0.1) is 11.0 Å². The van der Waals surface area contributed by atoms with E-state index in [1.165, 1.54) is 32.7 Å². The van der Waals surface area contributed by atoms with E-state index in [1.54, 1.807) is 0 Å². The molecule has 5 nitrogen and oxygen atoms in total. The van der Waals surface area contributed by atoms with Crippen molar-refractivity contribution in [1.29, 1.82) is 0 Å². The molecular formula is C50H29N3O2. The van der Waals surface area contributed by atoms with Gasteiger partial charge in [-0.05, 0) is 76.5 Å². The molecule has 0 saturated carbocycles. The first-order valence-corrected chi connectivity index (χ1v) is 18.5. The summed E-state index contributed by atoms with van der Waals surface area (Å²) in [6, 6.07) is 61.5. The summed E-state index contributed by atoms with van der Waals surface area (Å²) in [7, 11) is 0. The van der Waals surface area contributed by atoms with Gasteiger partial charge in [0.25, 0.3) is 0 Å². The minimum Gasteiger partial charge on any atom is -0.456 e. The zero-order valence-electron chi connectivity index (χ0n) is 29.4. The number of benzene rings is 8. The predicted molar refractivity (Wildman–Crippen MR) is 225 cm³/mol. The summed E-state index contributed by atoms with van der Waals surface area (Å²) in [4.78, 5) is 10.5. The number of para-hydroxylation sites is 1. The minimum absolute atomic E-state index is 0.619. The average molecular weight is 704 g/mol. The third-order valence-electron chi connectivity index (χ3n) is 11.0. The third kappa shape index (κ3) is 4.47. The quantitative estimate of drug-likeness (QED) is 0.183. The molecule has 0 atom stereocenters. The van der Waals surface area contributed by atoms with Crippen molar-refractivity contribution in [3.63, 3.8) is 0 Å². The molecule has 12 rings (SSSR count). The highest BCUT2D eigenvalue weighted by molar-refractivity contribution is 6.22. The average Bonchev–Trinajstić information content (AvgIpc) is 3.93. The Morgan fingerprint density at radius 1 is 0.418 bits per heavy atom. The molecular weight excluding hydrogens is 675 g/mol. The molecule has 0 aliphatic heterocycles. The molecule has 4 aromatic heterocycles. The second-order valence-corrected chi connectivity index (χ2v) is 14.1. The number of hydrogen-bond donors (Lipinski definition) is 0. The van der Waals surface area contributed by atoms with E-state index in [0.29, 0.717) is 11.4 Å². The van der Waals surface area contributed by atoms with E-state index in [1.807, 2.05) is 48.5 Å². The number of fused-ring (bicyclic) bond motifs is 11. The summed E-state index contributed by atoms with van der Waals surface area (Å²) >= 11 is 0. The standard InChI is InChI=1S/C50H29N3O2/c1-3-12-30(13-4-1)33-23-25-40-38(28-33)45-35-17-8-7-14-31(35)22-26-41(45)53(40)34-24-27-43-39(29-34)46-37(19-11-21-44(46)54-43)50-51-47(32-15-5-2-6-16-32)49-48(52-50)36-18-9-10-20-42(36)55-49/h1-29H. The Hall–Kier alpha value is -7.50. The van der Waals surface area contributed by atoms with Gasteiger partial charge < -0.3 is 13.4 Å². The molecule has 0 unspecified atom stereocenters. The first-order valence-electron chi connectivity index (χ1n) is 18.5. The van der Waals surface area contributed by atoms with Crippen molar-refractivity contribution in [2.24, 2.45) is 0 Å². The molecule has 0 aliphatic rings. The molecule has 0 fully saturated rings. The molecule has 55 heavy (non-hydrogen) atoms. The zero-order chi connectivity index (χ0) is 36.0. The fraction of sp³-hybridized carbons (Fsp3) is 0. The van der Waals surface area contributed by atoms with E-state index < -0.39 is 0 Å². The van der Waals surface area contributed by atoms with Crippen LogP contribution in [0, 0.1) is 0 Å². The van der Waals surface area contributed by atoms with Gasteiger partial charge in [0, 0.05) is 43.7 Å². The normalized spacial score (nSPS) is 12.0. The molecule has 5 heteroatoms. The summed E-state index contributed by atoms with van der Waals surface area (Å²) in [5, 5.41) is 7.85. The number of nitrogens with zero attached hydrogens (tertiary/aromatic N) is 3. The molecule has 8 aromatic carbocycles. The van der Waals surface area contributed by atoms with Gasteiger partial charge in [0.2, 0.25) is 0 Å². The summed E-state index contributed by atoms with van der Waals surface area (Å²) in [6.45, 7) is 0. The Bertz CT molecular complexity index is 3480. The van der Waals surface area contributed by atoms with Crippen molar-refractivity contribution >= 4 is 76.6 Å². The van der Waals surface area contributed by atoms with Crippen molar-refractivity contribution in [2.45, 2.75) is 0 Å². The van der Waals surface area contributed by atoms with Gasteiger partial charge in [-0.2, -0.15) is 0 Å². The van der Waals surface area contributed by atoms with Crippen LogP contribution in [-0.4, -0.2) is 14.5 Å². The molecule has 0 aliphatic carbocycles. The lowest BCUT2D eigenvalue weighted by atomic mass is 10.0. The fourth-order valence-electron chi connectivity index (χ4n) is 8.52. The first kappa shape index (κ1) is 30.0. The van der Waals surface area contributed by atoms with E-state index in [2.05, 4.69) is 132 Å². The second-order valence-electron chi connectivity index (χ2n) is 14.1. The number of aromatic nitrogens is 3. The maximum atomic E-state index is 6.56. The van der Waals surface area contributed by atoms with Gasteiger partial charge in [0.15, 0.2) is 11.4 Å². The largest absolute Gasteiger partial charge is 0.456 e. The van der Waals surface area contributed by atoms with Gasteiger partial charge in [-0.3, -0.25) is 0 Å². The van der Waals surface area contributed by atoms with Gasteiger partial charge in [-0.15, -0.1) is 0 Å². The number of hydrogen-bond acceptors (Lipinski definition) is 4. The summed E-state index contributed by atoms with van der Waals surface area (Å²) < 4.78 is 15.4. The van der Waals surface area contributed by atoms with Crippen LogP contribution in [0.25, 0.3) is 116 Å². The molecule has 0 bridgehead atoms. The lowest BCUT2D eigenvalue weighted by Gasteiger charge is -2.10. The van der Waals surface area contributed by atoms with Crippen molar-refractivity contribution in [2.75, 3.05) is 0 Å². The highest BCUT2D eigenvalue weighted by atomic mass is 16.3. The minimum atomic E-state index is 0.619. The molecule has 0 spiro atoms. The van der Waals surface area contributed by atoms with E-state index >= 15 is 0 Å². The van der Waals surface area contributed by atoms with Crippen molar-refractivity contribution in [3.05, 3.63) is 176 Å². The van der Waals surface area contributed by atoms with Crippen LogP contribution in [0.2, 0.25) is 0 Å². The third-order valence-corrected chi connectivity index (χ3v) is 11.0. The fourth-order valence-corrected chi connectivity index (χ4v) is 8.52. The molecule has 4 heterocycles. The maximum absolute atomic E-state index is 6.56. The zero-order valence-corrected chi connectivity index (χ0v) is 29.4. The number of furan rings is 2. The topological polar surface area (TPSA) is 57.0 Å². The second kappa shape index (κ2) is 11.5. The monoisotopic (exact) mass is 703 g/mol. The van der Waals surface area contributed by atoms with Gasteiger partial charge >= 0.3 is 0 Å². The van der Waals surface area contributed by atoms with Crippen LogP contribution in [0.15, 0.2) is 185 Å². The highest BCUT2D eigenvalue weighted by Gasteiger charge is 2.22. The SMILES string of the molecule is c1ccc(-c2ccc3c(c2)c2c4ccccc4ccc2n3-c2ccc3oc4cccc(-c5nc(-c6ccccc6)c6oc7ccccc7c6n5)c4c3c2)cc1. The van der Waals surface area contributed by atoms with Crippen LogP contribution >= 0.6 is 0 Å².